The summed E-state index contributed by atoms with van der Waals surface area (Å²) in [5, 5.41) is 0. The van der Waals surface area contributed by atoms with E-state index in [1.807, 2.05) is 0 Å². The monoisotopic (exact) mass is 168 g/mol. The quantitative estimate of drug-likeness (QED) is 0.452. The number of Topliss-reactive ketones (excluding diaryl/α,β-unsaturated/α-hetero) is 1. The van der Waals surface area contributed by atoms with E-state index in [4.69, 9.17) is 0 Å². The van der Waals surface area contributed by atoms with Crippen molar-refractivity contribution in [3.63, 3.8) is 0 Å². The first-order valence-corrected chi connectivity index (χ1v) is 4.38. The van der Waals surface area contributed by atoms with Gasteiger partial charge in [0.05, 0.1) is 7.11 Å². The van der Waals surface area contributed by atoms with Crippen LogP contribution in [0, 0.1) is 17.8 Å². The zero-order chi connectivity index (χ0) is 8.72. The highest BCUT2D eigenvalue weighted by molar-refractivity contribution is 6.35. The molecule has 0 aromatic rings. The van der Waals surface area contributed by atoms with Gasteiger partial charge in [-0.2, -0.15) is 0 Å². The summed E-state index contributed by atoms with van der Waals surface area (Å²) < 4.78 is 4.39. The van der Waals surface area contributed by atoms with Gasteiger partial charge in [-0.15, -0.1) is 0 Å². The summed E-state index contributed by atoms with van der Waals surface area (Å²) in [6.45, 7) is 0. The summed E-state index contributed by atoms with van der Waals surface area (Å²) in [6.07, 6.45) is 3.47. The molecule has 0 aliphatic heterocycles. The number of carbonyl (C=O) groups excluding carboxylic acids is 2. The Kier molecular flexibility index (Phi) is 1.67. The van der Waals surface area contributed by atoms with Gasteiger partial charge < -0.3 is 4.74 Å². The predicted molar refractivity (Wildman–Crippen MR) is 41.3 cm³/mol. The molecular formula is C9H12O3. The molecule has 0 heterocycles. The maximum atomic E-state index is 11.3. The number of rotatable bonds is 2. The minimum Gasteiger partial charge on any atom is -0.463 e. The Hall–Kier alpha value is -0.860. The van der Waals surface area contributed by atoms with Crippen LogP contribution in [0.1, 0.15) is 19.3 Å². The fourth-order valence-electron chi connectivity index (χ4n) is 2.45. The van der Waals surface area contributed by atoms with E-state index in [0.717, 1.165) is 12.8 Å². The molecule has 2 aliphatic rings. The molecule has 0 radical (unpaired) electrons. The van der Waals surface area contributed by atoms with Gasteiger partial charge in [-0.1, -0.05) is 6.42 Å². The minimum absolute atomic E-state index is 0.0196. The molecule has 3 atom stereocenters. The first kappa shape index (κ1) is 7.77. The number of ketones is 1. The molecular weight excluding hydrogens is 156 g/mol. The van der Waals surface area contributed by atoms with Crippen LogP contribution < -0.4 is 0 Å². The molecule has 66 valence electrons. The highest BCUT2D eigenvalue weighted by atomic mass is 16.5. The van der Waals surface area contributed by atoms with Crippen LogP contribution in [-0.2, 0) is 14.3 Å². The van der Waals surface area contributed by atoms with Crippen molar-refractivity contribution in [1.29, 1.82) is 0 Å². The fourth-order valence-corrected chi connectivity index (χ4v) is 2.45. The van der Waals surface area contributed by atoms with E-state index in [0.29, 0.717) is 11.8 Å². The highest BCUT2D eigenvalue weighted by Gasteiger charge is 2.58. The Labute approximate surface area is 71.1 Å². The standard InChI is InChI=1S/C9H12O3/c1-12-9(11)8(10)7-5-3-2-4-6(5)7/h5-7H,2-4H2,1H3/t5-,6+,7?. The van der Waals surface area contributed by atoms with Crippen LogP contribution in [0.15, 0.2) is 0 Å². The van der Waals surface area contributed by atoms with E-state index in [2.05, 4.69) is 4.74 Å². The maximum absolute atomic E-state index is 11.3. The molecule has 0 saturated heterocycles. The number of ether oxygens (including phenoxy) is 1. The molecule has 2 rings (SSSR count). The number of carbonyl (C=O) groups is 2. The molecule has 2 aliphatic carbocycles. The van der Waals surface area contributed by atoms with Gasteiger partial charge in [-0.05, 0) is 24.7 Å². The van der Waals surface area contributed by atoms with Gasteiger partial charge in [-0.3, -0.25) is 4.79 Å². The highest BCUT2D eigenvalue weighted by Crippen LogP contribution is 2.57. The molecule has 2 saturated carbocycles. The van der Waals surface area contributed by atoms with Crippen LogP contribution in [0.25, 0.3) is 0 Å². The van der Waals surface area contributed by atoms with Crippen molar-refractivity contribution in [1.82, 2.24) is 0 Å². The molecule has 2 fully saturated rings. The lowest BCUT2D eigenvalue weighted by Gasteiger charge is -1.99. The van der Waals surface area contributed by atoms with Gasteiger partial charge in [0.25, 0.3) is 0 Å². The van der Waals surface area contributed by atoms with Crippen LogP contribution in [-0.4, -0.2) is 18.9 Å². The Morgan fingerprint density at radius 1 is 1.25 bits per heavy atom. The normalized spacial score (nSPS) is 37.2. The third-order valence-electron chi connectivity index (χ3n) is 3.10. The van der Waals surface area contributed by atoms with Crippen LogP contribution in [0.5, 0.6) is 0 Å². The van der Waals surface area contributed by atoms with Crippen molar-refractivity contribution in [3.05, 3.63) is 0 Å². The van der Waals surface area contributed by atoms with Crippen molar-refractivity contribution in [2.45, 2.75) is 19.3 Å². The number of fused-ring (bicyclic) bond motifs is 1. The van der Waals surface area contributed by atoms with E-state index in [9.17, 15) is 9.59 Å². The van der Waals surface area contributed by atoms with Crippen molar-refractivity contribution in [2.75, 3.05) is 7.11 Å². The minimum atomic E-state index is -0.658. The Balaban J connectivity index is 1.96. The summed E-state index contributed by atoms with van der Waals surface area (Å²) in [7, 11) is 1.26. The molecule has 0 amide bonds. The van der Waals surface area contributed by atoms with E-state index in [-0.39, 0.29) is 11.7 Å². The molecule has 1 unspecified atom stereocenters. The van der Waals surface area contributed by atoms with Crippen LogP contribution in [0.3, 0.4) is 0 Å². The van der Waals surface area contributed by atoms with Gasteiger partial charge in [-0.25, -0.2) is 4.79 Å². The fraction of sp³-hybridized carbons (Fsp3) is 0.778. The molecule has 0 spiro atoms. The molecule has 0 N–H and O–H groups in total. The van der Waals surface area contributed by atoms with Gasteiger partial charge in [0.15, 0.2) is 0 Å². The molecule has 0 aromatic carbocycles. The first-order valence-electron chi connectivity index (χ1n) is 4.38. The second kappa shape index (κ2) is 2.57. The first-order chi connectivity index (χ1) is 5.75. The second-order valence-electron chi connectivity index (χ2n) is 3.64. The van der Waals surface area contributed by atoms with Gasteiger partial charge >= 0.3 is 5.97 Å². The Bertz CT molecular complexity index is 224. The number of hydrogen-bond donors (Lipinski definition) is 0. The third-order valence-corrected chi connectivity index (χ3v) is 3.10. The molecule has 3 heteroatoms. The van der Waals surface area contributed by atoms with Gasteiger partial charge in [0.1, 0.15) is 0 Å². The lowest BCUT2D eigenvalue weighted by atomic mass is 10.1. The average Bonchev–Trinajstić information content (AvgIpc) is 2.56. The van der Waals surface area contributed by atoms with Gasteiger partial charge in [0, 0.05) is 5.92 Å². The van der Waals surface area contributed by atoms with Crippen molar-refractivity contribution < 1.29 is 14.3 Å². The zero-order valence-electron chi connectivity index (χ0n) is 7.08. The molecule has 12 heavy (non-hydrogen) atoms. The number of esters is 1. The number of hydrogen-bond acceptors (Lipinski definition) is 3. The van der Waals surface area contributed by atoms with Crippen LogP contribution in [0.4, 0.5) is 0 Å². The summed E-state index contributed by atoms with van der Waals surface area (Å²) in [6, 6.07) is 0. The van der Waals surface area contributed by atoms with Crippen LogP contribution >= 0.6 is 0 Å². The predicted octanol–water partition coefficient (Wildman–Crippen LogP) is 0.775. The topological polar surface area (TPSA) is 43.4 Å². The van der Waals surface area contributed by atoms with Crippen molar-refractivity contribution >= 4 is 11.8 Å². The van der Waals surface area contributed by atoms with E-state index in [1.165, 1.54) is 13.5 Å². The van der Waals surface area contributed by atoms with E-state index in [1.54, 1.807) is 0 Å². The molecule has 0 aromatic heterocycles. The lowest BCUT2D eigenvalue weighted by molar-refractivity contribution is -0.152. The summed E-state index contributed by atoms with van der Waals surface area (Å²) in [4.78, 5) is 22.1. The summed E-state index contributed by atoms with van der Waals surface area (Å²) in [5.74, 6) is 0.0843. The van der Waals surface area contributed by atoms with E-state index >= 15 is 0 Å². The Morgan fingerprint density at radius 2 is 1.83 bits per heavy atom. The smallest absolute Gasteiger partial charge is 0.374 e. The number of methoxy groups -OCH3 is 1. The lowest BCUT2D eigenvalue weighted by Crippen LogP contribution is -2.19. The molecule has 0 bridgehead atoms. The second-order valence-corrected chi connectivity index (χ2v) is 3.64. The van der Waals surface area contributed by atoms with Crippen molar-refractivity contribution in [2.24, 2.45) is 17.8 Å². The average molecular weight is 168 g/mol. The van der Waals surface area contributed by atoms with Crippen LogP contribution in [0.2, 0.25) is 0 Å². The molecule has 3 nitrogen and oxygen atoms in total. The van der Waals surface area contributed by atoms with Crippen molar-refractivity contribution in [3.8, 4) is 0 Å². The van der Waals surface area contributed by atoms with Gasteiger partial charge in [0.2, 0.25) is 5.78 Å². The zero-order valence-corrected chi connectivity index (χ0v) is 7.08. The summed E-state index contributed by atoms with van der Waals surface area (Å²) in [5.41, 5.74) is 0. The summed E-state index contributed by atoms with van der Waals surface area (Å²) >= 11 is 0. The Morgan fingerprint density at radius 3 is 2.33 bits per heavy atom. The largest absolute Gasteiger partial charge is 0.463 e. The third kappa shape index (κ3) is 0.958. The SMILES string of the molecule is COC(=O)C(=O)C1[C@H]2CCC[C@@H]12. The maximum Gasteiger partial charge on any atom is 0.374 e. The van der Waals surface area contributed by atoms with E-state index < -0.39 is 5.97 Å².